The Hall–Kier alpha value is -4.34. The summed E-state index contributed by atoms with van der Waals surface area (Å²) in [6.45, 7) is 1.11. The maximum absolute atomic E-state index is 12.6. The van der Waals surface area contributed by atoms with E-state index in [0.29, 0.717) is 41.5 Å². The minimum atomic E-state index is -0.339. The summed E-state index contributed by atoms with van der Waals surface area (Å²) in [6.07, 6.45) is 3.04. The molecule has 1 saturated heterocycles. The zero-order chi connectivity index (χ0) is 22.5. The fourth-order valence-electron chi connectivity index (χ4n) is 3.27. The predicted molar refractivity (Wildman–Crippen MR) is 119 cm³/mol. The van der Waals surface area contributed by atoms with Crippen LogP contribution in [0.25, 0.3) is 0 Å². The van der Waals surface area contributed by atoms with Crippen LogP contribution < -0.4 is 25.6 Å². The minimum absolute atomic E-state index is 0.0124. The lowest BCUT2D eigenvalue weighted by molar-refractivity contribution is -0.116. The summed E-state index contributed by atoms with van der Waals surface area (Å²) in [7, 11) is 1.57. The maximum Gasteiger partial charge on any atom is 0.321 e. The van der Waals surface area contributed by atoms with Crippen LogP contribution in [0.2, 0.25) is 0 Å². The Bertz CT molecular complexity index is 1140. The van der Waals surface area contributed by atoms with Crippen LogP contribution in [-0.4, -0.2) is 47.8 Å². The average Bonchev–Trinajstić information content (AvgIpc) is 3.42. The number of hydrogen-bond donors (Lipinski definition) is 3. The summed E-state index contributed by atoms with van der Waals surface area (Å²) in [5.74, 6) is 0.103. The maximum atomic E-state index is 12.6. The van der Waals surface area contributed by atoms with Crippen LogP contribution in [0.1, 0.15) is 10.4 Å². The molecule has 1 fully saturated rings. The summed E-state index contributed by atoms with van der Waals surface area (Å²) in [5.41, 5.74) is 2.16. The summed E-state index contributed by atoms with van der Waals surface area (Å²) in [5, 5.41) is 12.4. The Morgan fingerprint density at radius 1 is 1.12 bits per heavy atom. The van der Waals surface area contributed by atoms with Gasteiger partial charge in [0, 0.05) is 36.2 Å². The fraction of sp³-hybridized carbons (Fsp3) is 0.182. The SMILES string of the molecule is COc1ccc(NC(=O)Cn2cc(NC(=O)c3cccc(N4CCNC4=O)c3)cn2)cc1. The topological polar surface area (TPSA) is 118 Å². The number of carbonyl (C=O) groups excluding carboxylic acids is 3. The number of anilines is 3. The summed E-state index contributed by atoms with van der Waals surface area (Å²) >= 11 is 0. The highest BCUT2D eigenvalue weighted by atomic mass is 16.5. The largest absolute Gasteiger partial charge is 0.497 e. The van der Waals surface area contributed by atoms with Crippen LogP contribution in [0.4, 0.5) is 21.9 Å². The number of carbonyl (C=O) groups is 3. The molecule has 0 aliphatic carbocycles. The van der Waals surface area contributed by atoms with Crippen LogP contribution in [0.15, 0.2) is 60.9 Å². The van der Waals surface area contributed by atoms with E-state index in [1.165, 1.54) is 10.9 Å². The van der Waals surface area contributed by atoms with E-state index in [1.54, 1.807) is 66.7 Å². The standard InChI is InChI=1S/C22H22N6O4/c1-32-19-7-5-16(6-8-19)25-20(29)14-27-13-17(12-24-27)26-21(30)15-3-2-4-18(11-15)28-10-9-23-22(28)31/h2-8,11-13H,9-10,14H2,1H3,(H,23,31)(H,25,29)(H,26,30). The van der Waals surface area contributed by atoms with Crippen molar-refractivity contribution < 1.29 is 19.1 Å². The number of urea groups is 1. The van der Waals surface area contributed by atoms with Gasteiger partial charge in [-0.1, -0.05) is 6.07 Å². The second-order valence-electron chi connectivity index (χ2n) is 7.09. The number of methoxy groups -OCH3 is 1. The first-order valence-corrected chi connectivity index (χ1v) is 9.95. The molecule has 0 bridgehead atoms. The smallest absolute Gasteiger partial charge is 0.321 e. The van der Waals surface area contributed by atoms with E-state index in [-0.39, 0.29) is 24.4 Å². The highest BCUT2D eigenvalue weighted by Crippen LogP contribution is 2.19. The summed E-state index contributed by atoms with van der Waals surface area (Å²) < 4.78 is 6.52. The molecule has 164 valence electrons. The number of nitrogens with zero attached hydrogens (tertiary/aromatic N) is 3. The van der Waals surface area contributed by atoms with Gasteiger partial charge in [0.25, 0.3) is 5.91 Å². The van der Waals surface area contributed by atoms with Crippen molar-refractivity contribution in [3.8, 4) is 5.75 Å². The molecule has 3 aromatic rings. The van der Waals surface area contributed by atoms with Crippen molar-refractivity contribution in [1.29, 1.82) is 0 Å². The van der Waals surface area contributed by atoms with Gasteiger partial charge in [0.2, 0.25) is 5.91 Å². The fourth-order valence-corrected chi connectivity index (χ4v) is 3.27. The third-order valence-corrected chi connectivity index (χ3v) is 4.85. The molecule has 1 aliphatic rings. The Morgan fingerprint density at radius 3 is 2.66 bits per heavy atom. The first-order valence-electron chi connectivity index (χ1n) is 9.95. The molecule has 4 rings (SSSR count). The molecule has 4 amide bonds. The van der Waals surface area contributed by atoms with E-state index in [9.17, 15) is 14.4 Å². The molecule has 3 N–H and O–H groups in total. The van der Waals surface area contributed by atoms with Crippen molar-refractivity contribution in [2.24, 2.45) is 0 Å². The number of benzene rings is 2. The molecular formula is C22H22N6O4. The molecule has 10 heteroatoms. The molecule has 0 saturated carbocycles. The van der Waals surface area contributed by atoms with Crippen LogP contribution >= 0.6 is 0 Å². The third-order valence-electron chi connectivity index (χ3n) is 4.85. The van der Waals surface area contributed by atoms with Gasteiger partial charge in [0.1, 0.15) is 12.3 Å². The Morgan fingerprint density at radius 2 is 1.94 bits per heavy atom. The molecule has 1 aliphatic heterocycles. The first-order chi connectivity index (χ1) is 15.5. The van der Waals surface area contributed by atoms with Gasteiger partial charge in [-0.3, -0.25) is 19.2 Å². The van der Waals surface area contributed by atoms with Crippen molar-refractivity contribution in [3.63, 3.8) is 0 Å². The van der Waals surface area contributed by atoms with Gasteiger partial charge in [-0.15, -0.1) is 0 Å². The van der Waals surface area contributed by atoms with Crippen molar-refractivity contribution in [3.05, 3.63) is 66.5 Å². The van der Waals surface area contributed by atoms with Gasteiger partial charge < -0.3 is 20.7 Å². The zero-order valence-electron chi connectivity index (χ0n) is 17.4. The molecule has 0 unspecified atom stereocenters. The predicted octanol–water partition coefficient (Wildman–Crippen LogP) is 2.31. The molecule has 32 heavy (non-hydrogen) atoms. The van der Waals surface area contributed by atoms with Crippen LogP contribution in [0.5, 0.6) is 5.75 Å². The van der Waals surface area contributed by atoms with E-state index >= 15 is 0 Å². The van der Waals surface area contributed by atoms with Crippen molar-refractivity contribution in [2.45, 2.75) is 6.54 Å². The summed E-state index contributed by atoms with van der Waals surface area (Å²) in [6, 6.07) is 13.6. The molecule has 10 nitrogen and oxygen atoms in total. The molecule has 0 radical (unpaired) electrons. The molecule has 2 heterocycles. The lowest BCUT2D eigenvalue weighted by Gasteiger charge is -2.15. The molecule has 0 spiro atoms. The number of amides is 4. The monoisotopic (exact) mass is 434 g/mol. The number of rotatable bonds is 7. The second-order valence-corrected chi connectivity index (χ2v) is 7.09. The van der Waals surface area contributed by atoms with E-state index in [4.69, 9.17) is 4.74 Å². The molecule has 2 aromatic carbocycles. The number of hydrogen-bond acceptors (Lipinski definition) is 5. The molecular weight excluding hydrogens is 412 g/mol. The first kappa shape index (κ1) is 20.9. The third kappa shape index (κ3) is 4.86. The van der Waals surface area contributed by atoms with Gasteiger partial charge in [-0.05, 0) is 42.5 Å². The number of aromatic nitrogens is 2. The van der Waals surface area contributed by atoms with Crippen LogP contribution in [-0.2, 0) is 11.3 Å². The normalized spacial score (nSPS) is 12.9. The summed E-state index contributed by atoms with van der Waals surface area (Å²) in [4.78, 5) is 38.3. The van der Waals surface area contributed by atoms with E-state index in [2.05, 4.69) is 21.0 Å². The Labute approximate surface area is 184 Å². The second kappa shape index (κ2) is 9.21. The lowest BCUT2D eigenvalue weighted by Crippen LogP contribution is -2.27. The Balaban J connectivity index is 1.35. The average molecular weight is 434 g/mol. The van der Waals surface area contributed by atoms with Gasteiger partial charge >= 0.3 is 6.03 Å². The van der Waals surface area contributed by atoms with Gasteiger partial charge in [0.15, 0.2) is 0 Å². The highest BCUT2D eigenvalue weighted by molar-refractivity contribution is 6.05. The lowest BCUT2D eigenvalue weighted by atomic mass is 10.1. The Kier molecular flexibility index (Phi) is 6.02. The van der Waals surface area contributed by atoms with Crippen LogP contribution in [0, 0.1) is 0 Å². The van der Waals surface area contributed by atoms with Crippen molar-refractivity contribution in [1.82, 2.24) is 15.1 Å². The van der Waals surface area contributed by atoms with Gasteiger partial charge in [-0.2, -0.15) is 5.10 Å². The van der Waals surface area contributed by atoms with Gasteiger partial charge in [0.05, 0.1) is 19.0 Å². The minimum Gasteiger partial charge on any atom is -0.497 e. The van der Waals surface area contributed by atoms with Crippen molar-refractivity contribution >= 4 is 34.9 Å². The quantitative estimate of drug-likeness (QED) is 0.528. The van der Waals surface area contributed by atoms with Crippen LogP contribution in [0.3, 0.4) is 0 Å². The van der Waals surface area contributed by atoms with E-state index in [0.717, 1.165) is 0 Å². The molecule has 1 aromatic heterocycles. The van der Waals surface area contributed by atoms with Gasteiger partial charge in [-0.25, -0.2) is 4.79 Å². The highest BCUT2D eigenvalue weighted by Gasteiger charge is 2.21. The van der Waals surface area contributed by atoms with E-state index in [1.807, 2.05) is 0 Å². The number of ether oxygens (including phenoxy) is 1. The zero-order valence-corrected chi connectivity index (χ0v) is 17.4. The number of nitrogens with one attached hydrogen (secondary N) is 3. The molecule has 0 atom stereocenters. The van der Waals surface area contributed by atoms with E-state index < -0.39 is 0 Å². The van der Waals surface area contributed by atoms with Crippen molar-refractivity contribution in [2.75, 3.05) is 35.7 Å².